The number of nitrogens with one attached hydrogen (secondary N) is 1. The summed E-state index contributed by atoms with van der Waals surface area (Å²) in [6.45, 7) is 0.881. The van der Waals surface area contributed by atoms with Gasteiger partial charge in [0, 0.05) is 13.1 Å². The number of halogens is 1. The Morgan fingerprint density at radius 2 is 1.24 bits per heavy atom. The maximum absolute atomic E-state index is 13.8. The molecular weight excluding hydrogens is 315 g/mol. The molecule has 0 aromatic heterocycles. The number of urea groups is 1. The lowest BCUT2D eigenvalue weighted by Gasteiger charge is -2.23. The number of carbonyl (C=O) groups excluding carboxylic acids is 1. The highest BCUT2D eigenvalue weighted by atomic mass is 19.1. The molecule has 25 heavy (non-hydrogen) atoms. The van der Waals surface area contributed by atoms with E-state index in [-0.39, 0.29) is 11.7 Å². The third-order valence-electron chi connectivity index (χ3n) is 3.84. The van der Waals surface area contributed by atoms with Crippen LogP contribution < -0.4 is 5.32 Å². The summed E-state index contributed by atoms with van der Waals surface area (Å²) in [7, 11) is 0. The number of hydrogen-bond donors (Lipinski definition) is 1. The van der Waals surface area contributed by atoms with Gasteiger partial charge >= 0.3 is 6.03 Å². The molecule has 0 saturated heterocycles. The highest BCUT2D eigenvalue weighted by Crippen LogP contribution is 2.16. The molecule has 3 aromatic carbocycles. The Morgan fingerprint density at radius 1 is 0.760 bits per heavy atom. The smallest absolute Gasteiger partial charge is 0.316 e. The van der Waals surface area contributed by atoms with Crippen LogP contribution in [0.15, 0.2) is 84.9 Å². The van der Waals surface area contributed by atoms with Gasteiger partial charge in [0.2, 0.25) is 0 Å². The Hall–Kier alpha value is -3.14. The Kier molecular flexibility index (Phi) is 5.42. The highest BCUT2D eigenvalue weighted by Gasteiger charge is 2.16. The van der Waals surface area contributed by atoms with Crippen LogP contribution in [0, 0.1) is 5.82 Å². The molecule has 0 atom stereocenters. The largest absolute Gasteiger partial charge is 0.322 e. The van der Waals surface area contributed by atoms with E-state index < -0.39 is 5.82 Å². The minimum Gasteiger partial charge on any atom is -0.316 e. The van der Waals surface area contributed by atoms with Crippen LogP contribution in [0.5, 0.6) is 0 Å². The van der Waals surface area contributed by atoms with Gasteiger partial charge in [0.05, 0.1) is 5.69 Å². The van der Waals surface area contributed by atoms with Crippen molar-refractivity contribution in [3.05, 3.63) is 102 Å². The molecule has 0 fully saturated rings. The summed E-state index contributed by atoms with van der Waals surface area (Å²) in [5.41, 5.74) is 2.21. The third kappa shape index (κ3) is 4.67. The maximum Gasteiger partial charge on any atom is 0.322 e. The molecule has 0 bridgehead atoms. The number of benzene rings is 3. The molecule has 0 spiro atoms. The second-order valence-electron chi connectivity index (χ2n) is 5.74. The average molecular weight is 334 g/mol. The number of carbonyl (C=O) groups is 1. The van der Waals surface area contributed by atoms with Crippen LogP contribution in [0.3, 0.4) is 0 Å². The van der Waals surface area contributed by atoms with E-state index in [4.69, 9.17) is 0 Å². The standard InChI is InChI=1S/C21H19FN2O/c22-19-13-7-8-14-20(19)23-21(25)24(15-17-9-3-1-4-10-17)16-18-11-5-2-6-12-18/h1-14H,15-16H2,(H,23,25). The zero-order valence-electron chi connectivity index (χ0n) is 13.7. The number of nitrogens with zero attached hydrogens (tertiary/aromatic N) is 1. The molecule has 0 unspecified atom stereocenters. The highest BCUT2D eigenvalue weighted by molar-refractivity contribution is 5.89. The van der Waals surface area contributed by atoms with Gasteiger partial charge in [-0.3, -0.25) is 0 Å². The van der Waals surface area contributed by atoms with E-state index in [1.54, 1.807) is 23.1 Å². The molecular formula is C21H19FN2O. The van der Waals surface area contributed by atoms with Crippen molar-refractivity contribution >= 4 is 11.7 Å². The van der Waals surface area contributed by atoms with Crippen LogP contribution >= 0.6 is 0 Å². The fourth-order valence-electron chi connectivity index (χ4n) is 2.56. The molecule has 0 aliphatic rings. The van der Waals surface area contributed by atoms with Crippen molar-refractivity contribution in [1.82, 2.24) is 4.90 Å². The summed E-state index contributed by atoms with van der Waals surface area (Å²) < 4.78 is 13.8. The molecule has 3 nitrogen and oxygen atoms in total. The zero-order valence-corrected chi connectivity index (χ0v) is 13.7. The predicted molar refractivity (Wildman–Crippen MR) is 97.5 cm³/mol. The first kappa shape index (κ1) is 16.7. The first-order valence-corrected chi connectivity index (χ1v) is 8.10. The van der Waals surface area contributed by atoms with E-state index >= 15 is 0 Å². The van der Waals surface area contributed by atoms with Gasteiger partial charge in [0.25, 0.3) is 0 Å². The van der Waals surface area contributed by atoms with Crippen molar-refractivity contribution in [3.63, 3.8) is 0 Å². The number of hydrogen-bond acceptors (Lipinski definition) is 1. The van der Waals surface area contributed by atoms with Gasteiger partial charge in [-0.1, -0.05) is 72.8 Å². The molecule has 1 N–H and O–H groups in total. The minimum absolute atomic E-state index is 0.179. The molecule has 0 heterocycles. The Bertz CT molecular complexity index is 780. The van der Waals surface area contributed by atoms with E-state index in [2.05, 4.69) is 5.32 Å². The fraction of sp³-hybridized carbons (Fsp3) is 0.0952. The summed E-state index contributed by atoms with van der Waals surface area (Å²) in [6.07, 6.45) is 0. The first-order chi connectivity index (χ1) is 12.2. The van der Waals surface area contributed by atoms with Crippen molar-refractivity contribution in [1.29, 1.82) is 0 Å². The molecule has 4 heteroatoms. The van der Waals surface area contributed by atoms with E-state index in [0.29, 0.717) is 13.1 Å². The Morgan fingerprint density at radius 3 is 1.76 bits per heavy atom. The van der Waals surface area contributed by atoms with Gasteiger partial charge in [0.1, 0.15) is 5.82 Å². The minimum atomic E-state index is -0.449. The molecule has 2 amide bonds. The van der Waals surface area contributed by atoms with Crippen LogP contribution in [-0.2, 0) is 13.1 Å². The third-order valence-corrected chi connectivity index (χ3v) is 3.84. The van der Waals surface area contributed by atoms with Crippen molar-refractivity contribution in [2.75, 3.05) is 5.32 Å². The molecule has 0 radical (unpaired) electrons. The van der Waals surface area contributed by atoms with Gasteiger partial charge in [0.15, 0.2) is 0 Å². The second kappa shape index (κ2) is 8.11. The van der Waals surface area contributed by atoms with Crippen molar-refractivity contribution in [2.24, 2.45) is 0 Å². The summed E-state index contributed by atoms with van der Waals surface area (Å²) in [5, 5.41) is 2.66. The van der Waals surface area contributed by atoms with Gasteiger partial charge in [-0.2, -0.15) is 0 Å². The lowest BCUT2D eigenvalue weighted by atomic mass is 10.2. The SMILES string of the molecule is O=C(Nc1ccccc1F)N(Cc1ccccc1)Cc1ccccc1. The number of anilines is 1. The van der Waals surface area contributed by atoms with Crippen LogP contribution in [0.25, 0.3) is 0 Å². The van der Waals surface area contributed by atoms with E-state index in [1.807, 2.05) is 60.7 Å². The van der Waals surface area contributed by atoms with E-state index in [0.717, 1.165) is 11.1 Å². The predicted octanol–water partition coefficient (Wildman–Crippen LogP) is 5.06. The average Bonchev–Trinajstić information content (AvgIpc) is 2.65. The first-order valence-electron chi connectivity index (χ1n) is 8.10. The topological polar surface area (TPSA) is 32.3 Å². The van der Waals surface area contributed by atoms with Crippen LogP contribution in [0.4, 0.5) is 14.9 Å². The van der Waals surface area contributed by atoms with Gasteiger partial charge in [-0.25, -0.2) is 9.18 Å². The Labute approximate surface area is 146 Å². The van der Waals surface area contributed by atoms with E-state index in [1.165, 1.54) is 6.07 Å². The van der Waals surface area contributed by atoms with Crippen molar-refractivity contribution < 1.29 is 9.18 Å². The summed E-state index contributed by atoms with van der Waals surface area (Å²) in [6, 6.07) is 25.3. The summed E-state index contributed by atoms with van der Waals surface area (Å²) in [4.78, 5) is 14.4. The van der Waals surface area contributed by atoms with Gasteiger partial charge in [-0.05, 0) is 23.3 Å². The van der Waals surface area contributed by atoms with Gasteiger partial charge < -0.3 is 10.2 Å². The second-order valence-corrected chi connectivity index (χ2v) is 5.74. The lowest BCUT2D eigenvalue weighted by molar-refractivity contribution is 0.206. The number of para-hydroxylation sites is 1. The maximum atomic E-state index is 13.8. The fourth-order valence-corrected chi connectivity index (χ4v) is 2.56. The quantitative estimate of drug-likeness (QED) is 0.695. The molecule has 0 aliphatic heterocycles. The van der Waals surface area contributed by atoms with Crippen LogP contribution in [0.2, 0.25) is 0 Å². The molecule has 0 aliphatic carbocycles. The van der Waals surface area contributed by atoms with E-state index in [9.17, 15) is 9.18 Å². The van der Waals surface area contributed by atoms with Crippen LogP contribution in [0.1, 0.15) is 11.1 Å². The number of rotatable bonds is 5. The Balaban J connectivity index is 1.79. The summed E-state index contributed by atoms with van der Waals surface area (Å²) in [5.74, 6) is -0.449. The van der Waals surface area contributed by atoms with Crippen LogP contribution in [-0.4, -0.2) is 10.9 Å². The summed E-state index contributed by atoms with van der Waals surface area (Å²) >= 11 is 0. The van der Waals surface area contributed by atoms with Crippen molar-refractivity contribution in [3.8, 4) is 0 Å². The molecule has 3 aromatic rings. The zero-order chi connectivity index (χ0) is 17.5. The van der Waals surface area contributed by atoms with Crippen molar-refractivity contribution in [2.45, 2.75) is 13.1 Å². The normalized spacial score (nSPS) is 10.3. The molecule has 126 valence electrons. The monoisotopic (exact) mass is 334 g/mol. The molecule has 3 rings (SSSR count). The van der Waals surface area contributed by atoms with Gasteiger partial charge in [-0.15, -0.1) is 0 Å². The number of amides is 2. The molecule has 0 saturated carbocycles. The lowest BCUT2D eigenvalue weighted by Crippen LogP contribution is -2.34.